The maximum absolute atomic E-state index is 10.9. The van der Waals surface area contributed by atoms with E-state index in [2.05, 4.69) is 4.74 Å². The molecule has 1 atom stereocenters. The van der Waals surface area contributed by atoms with Crippen molar-refractivity contribution in [3.63, 3.8) is 0 Å². The van der Waals surface area contributed by atoms with Crippen LogP contribution in [0.4, 0.5) is 0 Å². The molecule has 0 rings (SSSR count). The number of aliphatic hydroxyl groups is 1. The van der Waals surface area contributed by atoms with Gasteiger partial charge in [0.1, 0.15) is 0 Å². The second kappa shape index (κ2) is 12.9. The van der Waals surface area contributed by atoms with Crippen LogP contribution in [0.3, 0.4) is 0 Å². The molecule has 0 aromatic rings. The summed E-state index contributed by atoms with van der Waals surface area (Å²) in [5.74, 6) is -0.0897. The number of carbonyl (C=O) groups excluding carboxylic acids is 1. The number of hydrogen-bond donors (Lipinski definition) is 1. The minimum Gasteiger partial charge on any atom is -0.469 e. The summed E-state index contributed by atoms with van der Waals surface area (Å²) in [6, 6.07) is 0. The topological polar surface area (TPSA) is 46.5 Å². The third-order valence-corrected chi connectivity index (χ3v) is 3.23. The molecule has 0 aliphatic heterocycles. The van der Waals surface area contributed by atoms with E-state index in [0.29, 0.717) is 6.42 Å². The summed E-state index contributed by atoms with van der Waals surface area (Å²) >= 11 is 0. The Morgan fingerprint density at radius 3 is 1.83 bits per heavy atom. The molecule has 1 unspecified atom stereocenters. The third kappa shape index (κ3) is 13.5. The van der Waals surface area contributed by atoms with Crippen LogP contribution in [0.15, 0.2) is 0 Å². The van der Waals surface area contributed by atoms with Gasteiger partial charge in [0.05, 0.1) is 13.2 Å². The van der Waals surface area contributed by atoms with E-state index in [4.69, 9.17) is 5.11 Å². The quantitative estimate of drug-likeness (QED) is 0.427. The van der Waals surface area contributed by atoms with E-state index >= 15 is 0 Å². The number of ether oxygens (including phenoxy) is 1. The average Bonchev–Trinajstić information content (AvgIpc) is 2.35. The molecule has 0 amide bonds. The molecule has 3 nitrogen and oxygen atoms in total. The van der Waals surface area contributed by atoms with Gasteiger partial charge >= 0.3 is 5.97 Å². The minimum absolute atomic E-state index is 0.0897. The van der Waals surface area contributed by atoms with E-state index in [1.807, 2.05) is 6.92 Å². The Labute approximate surface area is 112 Å². The predicted molar refractivity (Wildman–Crippen MR) is 74.5 cm³/mol. The highest BCUT2D eigenvalue weighted by Gasteiger charge is 1.99. The van der Waals surface area contributed by atoms with Crippen molar-refractivity contribution in [3.8, 4) is 0 Å². The van der Waals surface area contributed by atoms with Crippen molar-refractivity contribution in [2.75, 3.05) is 7.11 Å². The van der Waals surface area contributed by atoms with Gasteiger partial charge in [-0.2, -0.15) is 0 Å². The number of aliphatic hydroxyl groups excluding tert-OH is 1. The number of carbonyl (C=O) groups is 1. The van der Waals surface area contributed by atoms with Crippen molar-refractivity contribution in [1.29, 1.82) is 0 Å². The third-order valence-electron chi connectivity index (χ3n) is 3.23. The van der Waals surface area contributed by atoms with Crippen LogP contribution >= 0.6 is 0 Å². The molecule has 18 heavy (non-hydrogen) atoms. The van der Waals surface area contributed by atoms with E-state index in [-0.39, 0.29) is 12.1 Å². The largest absolute Gasteiger partial charge is 0.469 e. The van der Waals surface area contributed by atoms with Crippen molar-refractivity contribution in [2.45, 2.75) is 83.7 Å². The summed E-state index contributed by atoms with van der Waals surface area (Å²) < 4.78 is 4.59. The van der Waals surface area contributed by atoms with Crippen LogP contribution in [-0.4, -0.2) is 24.3 Å². The van der Waals surface area contributed by atoms with Crippen LogP contribution in [0.25, 0.3) is 0 Å². The average molecular weight is 258 g/mol. The molecule has 0 aromatic heterocycles. The standard InChI is InChI=1S/C15H30O3/c1-14(16)12-10-8-6-4-3-5-7-9-11-13-15(17)18-2/h14,16H,3-13H2,1-2H3. The molecule has 3 heteroatoms. The van der Waals surface area contributed by atoms with Crippen LogP contribution in [0, 0.1) is 0 Å². The molecule has 0 radical (unpaired) electrons. The van der Waals surface area contributed by atoms with Gasteiger partial charge in [-0.1, -0.05) is 51.4 Å². The van der Waals surface area contributed by atoms with Crippen molar-refractivity contribution in [3.05, 3.63) is 0 Å². The van der Waals surface area contributed by atoms with Crippen molar-refractivity contribution >= 4 is 5.97 Å². The maximum Gasteiger partial charge on any atom is 0.305 e. The van der Waals surface area contributed by atoms with Gasteiger partial charge in [0.2, 0.25) is 0 Å². The second-order valence-corrected chi connectivity index (χ2v) is 5.15. The zero-order valence-electron chi connectivity index (χ0n) is 12.1. The van der Waals surface area contributed by atoms with Gasteiger partial charge in [-0.15, -0.1) is 0 Å². The smallest absolute Gasteiger partial charge is 0.305 e. The van der Waals surface area contributed by atoms with Crippen LogP contribution in [0.2, 0.25) is 0 Å². The van der Waals surface area contributed by atoms with Crippen LogP contribution < -0.4 is 0 Å². The van der Waals surface area contributed by atoms with Gasteiger partial charge in [-0.25, -0.2) is 0 Å². The van der Waals surface area contributed by atoms with Crippen LogP contribution in [0.1, 0.15) is 77.6 Å². The molecular formula is C15H30O3. The first-order valence-corrected chi connectivity index (χ1v) is 7.41. The first kappa shape index (κ1) is 17.4. The molecule has 0 fully saturated rings. The second-order valence-electron chi connectivity index (χ2n) is 5.15. The summed E-state index contributed by atoms with van der Waals surface area (Å²) in [7, 11) is 1.44. The van der Waals surface area contributed by atoms with E-state index in [0.717, 1.165) is 25.7 Å². The molecule has 0 heterocycles. The van der Waals surface area contributed by atoms with E-state index in [9.17, 15) is 4.79 Å². The van der Waals surface area contributed by atoms with Gasteiger partial charge in [0.15, 0.2) is 0 Å². The fourth-order valence-corrected chi connectivity index (χ4v) is 2.05. The molecule has 108 valence electrons. The van der Waals surface area contributed by atoms with Crippen molar-refractivity contribution < 1.29 is 14.6 Å². The predicted octanol–water partition coefficient (Wildman–Crippen LogP) is 3.83. The van der Waals surface area contributed by atoms with Gasteiger partial charge in [-0.3, -0.25) is 4.79 Å². The molecule has 0 saturated carbocycles. The van der Waals surface area contributed by atoms with E-state index in [1.165, 1.54) is 45.6 Å². The van der Waals surface area contributed by atoms with Crippen molar-refractivity contribution in [2.24, 2.45) is 0 Å². The van der Waals surface area contributed by atoms with E-state index < -0.39 is 0 Å². The lowest BCUT2D eigenvalue weighted by Gasteiger charge is -2.04. The lowest BCUT2D eigenvalue weighted by Crippen LogP contribution is -1.99. The fourth-order valence-electron chi connectivity index (χ4n) is 2.05. The first-order valence-electron chi connectivity index (χ1n) is 7.41. The molecule has 0 aliphatic rings. The molecule has 0 aromatic carbocycles. The highest BCUT2D eigenvalue weighted by atomic mass is 16.5. The highest BCUT2D eigenvalue weighted by Crippen LogP contribution is 2.12. The Morgan fingerprint density at radius 1 is 0.944 bits per heavy atom. The summed E-state index contributed by atoms with van der Waals surface area (Å²) in [5, 5.41) is 9.10. The maximum atomic E-state index is 10.9. The number of unbranched alkanes of at least 4 members (excludes halogenated alkanes) is 8. The van der Waals surface area contributed by atoms with Gasteiger partial charge in [-0.05, 0) is 19.8 Å². The SMILES string of the molecule is COC(=O)CCCCCCCCCCCC(C)O. The van der Waals surface area contributed by atoms with Crippen LogP contribution in [0.5, 0.6) is 0 Å². The normalized spacial score (nSPS) is 12.4. The number of hydrogen-bond acceptors (Lipinski definition) is 3. The first-order chi connectivity index (χ1) is 8.66. The number of methoxy groups -OCH3 is 1. The molecule has 0 aliphatic carbocycles. The zero-order chi connectivity index (χ0) is 13.6. The minimum atomic E-state index is -0.139. The molecule has 1 N–H and O–H groups in total. The Balaban J connectivity index is 3.01. The molecular weight excluding hydrogens is 228 g/mol. The van der Waals surface area contributed by atoms with Crippen LogP contribution in [-0.2, 0) is 9.53 Å². The van der Waals surface area contributed by atoms with E-state index in [1.54, 1.807) is 0 Å². The highest BCUT2D eigenvalue weighted by molar-refractivity contribution is 5.68. The fraction of sp³-hybridized carbons (Fsp3) is 0.933. The Morgan fingerprint density at radius 2 is 1.39 bits per heavy atom. The monoisotopic (exact) mass is 258 g/mol. The lowest BCUT2D eigenvalue weighted by atomic mass is 10.0. The van der Waals surface area contributed by atoms with Gasteiger partial charge in [0, 0.05) is 6.42 Å². The summed E-state index contributed by atoms with van der Waals surface area (Å²) in [5.41, 5.74) is 0. The summed E-state index contributed by atoms with van der Waals surface area (Å²) in [6.07, 6.45) is 12.2. The number of rotatable bonds is 12. The van der Waals surface area contributed by atoms with Crippen molar-refractivity contribution in [1.82, 2.24) is 0 Å². The Hall–Kier alpha value is -0.570. The van der Waals surface area contributed by atoms with Gasteiger partial charge < -0.3 is 9.84 Å². The summed E-state index contributed by atoms with van der Waals surface area (Å²) in [4.78, 5) is 10.9. The Kier molecular flexibility index (Phi) is 12.5. The molecule has 0 spiro atoms. The lowest BCUT2D eigenvalue weighted by molar-refractivity contribution is -0.140. The summed E-state index contributed by atoms with van der Waals surface area (Å²) in [6.45, 7) is 1.86. The molecule has 0 bridgehead atoms. The number of esters is 1. The molecule has 0 saturated heterocycles. The Bertz CT molecular complexity index is 190. The van der Waals surface area contributed by atoms with Gasteiger partial charge in [0.25, 0.3) is 0 Å². The zero-order valence-corrected chi connectivity index (χ0v) is 12.1.